The lowest BCUT2D eigenvalue weighted by Gasteiger charge is -2.37. The lowest BCUT2D eigenvalue weighted by atomic mass is 9.87. The van der Waals surface area contributed by atoms with Crippen LogP contribution in [0.15, 0.2) is 78.9 Å². The fourth-order valence-corrected chi connectivity index (χ4v) is 5.52. The van der Waals surface area contributed by atoms with E-state index in [1.807, 2.05) is 54.6 Å². The van der Waals surface area contributed by atoms with E-state index in [9.17, 15) is 9.90 Å². The Morgan fingerprint density at radius 1 is 0.909 bits per heavy atom. The van der Waals surface area contributed by atoms with Crippen LogP contribution in [0.2, 0.25) is 19.6 Å². The van der Waals surface area contributed by atoms with Gasteiger partial charge in [0.2, 0.25) is 0 Å². The minimum atomic E-state index is -1.39. The van der Waals surface area contributed by atoms with Gasteiger partial charge in [0.1, 0.15) is 11.5 Å². The summed E-state index contributed by atoms with van der Waals surface area (Å²) in [7, 11) is -1.39. The largest absolute Gasteiger partial charge is 0.494 e. The topological polar surface area (TPSA) is 86.7 Å². The molecule has 0 saturated carbocycles. The SMILES string of the molecule is CC(OCOc1cccc(COC2CN(C(=O)O)CCC2c2ccc(OCCCOCc3ccccc3)cc2)c1)[Si](C)(C)C. The van der Waals surface area contributed by atoms with Crippen molar-refractivity contribution in [1.82, 2.24) is 4.90 Å². The van der Waals surface area contributed by atoms with Gasteiger partial charge in [-0.15, -0.1) is 0 Å². The van der Waals surface area contributed by atoms with Crippen LogP contribution in [-0.2, 0) is 27.4 Å². The Hall–Kier alpha value is -3.37. The average Bonchev–Trinajstić information content (AvgIpc) is 3.02. The zero-order chi connectivity index (χ0) is 31.4. The van der Waals surface area contributed by atoms with Gasteiger partial charge in [0, 0.05) is 24.6 Å². The third-order valence-corrected chi connectivity index (χ3v) is 10.7. The van der Waals surface area contributed by atoms with Gasteiger partial charge in [-0.05, 0) is 54.3 Å². The fraction of sp³-hybridized carbons (Fsp3) is 0.457. The van der Waals surface area contributed by atoms with Crippen molar-refractivity contribution >= 4 is 14.2 Å². The highest BCUT2D eigenvalue weighted by Gasteiger charge is 2.33. The van der Waals surface area contributed by atoms with Gasteiger partial charge < -0.3 is 33.7 Å². The van der Waals surface area contributed by atoms with Crippen molar-refractivity contribution in [1.29, 1.82) is 0 Å². The van der Waals surface area contributed by atoms with E-state index in [0.29, 0.717) is 45.9 Å². The van der Waals surface area contributed by atoms with Crippen LogP contribution in [0.1, 0.15) is 42.4 Å². The molecule has 0 aliphatic carbocycles. The molecule has 1 aliphatic heterocycles. The van der Waals surface area contributed by atoms with Crippen LogP contribution in [0.5, 0.6) is 11.5 Å². The van der Waals surface area contributed by atoms with Crippen molar-refractivity contribution in [3.8, 4) is 11.5 Å². The molecule has 3 aromatic rings. The zero-order valence-corrected chi connectivity index (χ0v) is 27.4. The van der Waals surface area contributed by atoms with E-state index in [2.05, 4.69) is 50.8 Å². The van der Waals surface area contributed by atoms with Gasteiger partial charge in [0.05, 0.1) is 47.2 Å². The van der Waals surface area contributed by atoms with Crippen molar-refractivity contribution in [2.75, 3.05) is 33.1 Å². The number of ether oxygens (including phenoxy) is 5. The lowest BCUT2D eigenvalue weighted by molar-refractivity contribution is -0.0203. The Balaban J connectivity index is 1.27. The number of nitrogens with zero attached hydrogens (tertiary/aromatic N) is 1. The molecule has 44 heavy (non-hydrogen) atoms. The van der Waals surface area contributed by atoms with E-state index in [1.54, 1.807) is 0 Å². The second-order valence-corrected chi connectivity index (χ2v) is 17.9. The summed E-state index contributed by atoms with van der Waals surface area (Å²) in [5.74, 6) is 1.60. The van der Waals surface area contributed by atoms with Crippen LogP contribution < -0.4 is 9.47 Å². The van der Waals surface area contributed by atoms with Crippen LogP contribution in [-0.4, -0.2) is 69.1 Å². The van der Waals surface area contributed by atoms with Gasteiger partial charge >= 0.3 is 6.09 Å². The van der Waals surface area contributed by atoms with Crippen molar-refractivity contribution in [3.05, 3.63) is 95.6 Å². The van der Waals surface area contributed by atoms with Gasteiger partial charge in [-0.25, -0.2) is 4.79 Å². The number of rotatable bonds is 16. The van der Waals surface area contributed by atoms with Crippen LogP contribution in [0.3, 0.4) is 0 Å². The van der Waals surface area contributed by atoms with E-state index in [4.69, 9.17) is 23.7 Å². The number of amides is 1. The summed E-state index contributed by atoms with van der Waals surface area (Å²) in [6, 6.07) is 26.0. The first kappa shape index (κ1) is 33.5. The van der Waals surface area contributed by atoms with E-state index in [0.717, 1.165) is 34.6 Å². The molecule has 1 saturated heterocycles. The molecule has 1 amide bonds. The van der Waals surface area contributed by atoms with E-state index < -0.39 is 14.2 Å². The molecule has 0 spiro atoms. The molecule has 238 valence electrons. The van der Waals surface area contributed by atoms with Crippen LogP contribution in [0, 0.1) is 0 Å². The van der Waals surface area contributed by atoms with Gasteiger partial charge in [-0.1, -0.05) is 74.2 Å². The minimum Gasteiger partial charge on any atom is -0.494 e. The minimum absolute atomic E-state index is 0.0712. The number of benzene rings is 3. The van der Waals surface area contributed by atoms with E-state index in [1.165, 1.54) is 4.90 Å². The summed E-state index contributed by atoms with van der Waals surface area (Å²) >= 11 is 0. The molecule has 4 rings (SSSR count). The molecule has 1 fully saturated rings. The van der Waals surface area contributed by atoms with Crippen LogP contribution in [0.4, 0.5) is 4.79 Å². The maximum atomic E-state index is 11.8. The summed E-state index contributed by atoms with van der Waals surface area (Å²) in [5, 5.41) is 9.66. The molecule has 3 atom stereocenters. The first-order chi connectivity index (χ1) is 21.2. The average molecular weight is 622 g/mol. The zero-order valence-electron chi connectivity index (χ0n) is 26.4. The van der Waals surface area contributed by atoms with Gasteiger partial charge in [0.25, 0.3) is 0 Å². The Kier molecular flexibility index (Phi) is 12.7. The molecule has 1 heterocycles. The van der Waals surface area contributed by atoms with Crippen molar-refractivity contribution in [2.24, 2.45) is 0 Å². The normalized spacial score (nSPS) is 17.7. The number of piperidine rings is 1. The summed E-state index contributed by atoms with van der Waals surface area (Å²) in [6.07, 6.45) is 0.288. The molecular weight excluding hydrogens is 574 g/mol. The fourth-order valence-electron chi connectivity index (χ4n) is 4.95. The maximum Gasteiger partial charge on any atom is 0.407 e. The second kappa shape index (κ2) is 16.6. The summed E-state index contributed by atoms with van der Waals surface area (Å²) < 4.78 is 29.8. The molecule has 8 nitrogen and oxygen atoms in total. The van der Waals surface area contributed by atoms with Crippen molar-refractivity contribution in [3.63, 3.8) is 0 Å². The third-order valence-electron chi connectivity index (χ3n) is 8.08. The standard InChI is InChI=1S/C35H47NO7Si/c1-27(44(2,3)4)42-26-43-32-13-8-12-29(22-32)25-41-34-23-36(35(37)38)19-18-33(34)30-14-16-31(17-15-30)40-21-9-20-39-24-28-10-6-5-7-11-28/h5-8,10-17,22,27,33-34H,9,18-21,23-26H2,1-4H3,(H,37,38). The molecule has 9 heteroatoms. The molecule has 3 aromatic carbocycles. The highest BCUT2D eigenvalue weighted by molar-refractivity contribution is 6.77. The van der Waals surface area contributed by atoms with E-state index >= 15 is 0 Å². The molecule has 0 bridgehead atoms. The van der Waals surface area contributed by atoms with Crippen LogP contribution >= 0.6 is 0 Å². The molecule has 1 aliphatic rings. The molecular formula is C35H47NO7Si. The lowest BCUT2D eigenvalue weighted by Crippen LogP contribution is -2.46. The van der Waals surface area contributed by atoms with E-state index in [-0.39, 0.29) is 24.5 Å². The summed E-state index contributed by atoms with van der Waals surface area (Å²) in [4.78, 5) is 13.2. The number of carboxylic acid groups (broad SMARTS) is 1. The number of likely N-dealkylation sites (tertiary alicyclic amines) is 1. The first-order valence-electron chi connectivity index (χ1n) is 15.5. The molecule has 3 unspecified atom stereocenters. The predicted molar refractivity (Wildman–Crippen MR) is 174 cm³/mol. The quantitative estimate of drug-likeness (QED) is 0.102. The monoisotopic (exact) mass is 621 g/mol. The van der Waals surface area contributed by atoms with Gasteiger partial charge in [0.15, 0.2) is 6.79 Å². The molecule has 1 N–H and O–H groups in total. The highest BCUT2D eigenvalue weighted by Crippen LogP contribution is 2.32. The number of hydrogen-bond donors (Lipinski definition) is 1. The Morgan fingerprint density at radius 3 is 2.39 bits per heavy atom. The highest BCUT2D eigenvalue weighted by atomic mass is 28.3. The Labute approximate surface area is 262 Å². The van der Waals surface area contributed by atoms with Gasteiger partial charge in [-0.2, -0.15) is 0 Å². The predicted octanol–water partition coefficient (Wildman–Crippen LogP) is 7.34. The van der Waals surface area contributed by atoms with Crippen molar-refractivity contribution in [2.45, 2.75) is 70.4 Å². The maximum absolute atomic E-state index is 11.8. The smallest absolute Gasteiger partial charge is 0.407 e. The summed E-state index contributed by atoms with van der Waals surface area (Å²) in [5.41, 5.74) is 3.43. The van der Waals surface area contributed by atoms with Gasteiger partial charge in [-0.3, -0.25) is 0 Å². The Bertz CT molecular complexity index is 1280. The Morgan fingerprint density at radius 2 is 1.66 bits per heavy atom. The number of carbonyl (C=O) groups is 1. The van der Waals surface area contributed by atoms with Crippen molar-refractivity contribution < 1.29 is 33.6 Å². The summed E-state index contributed by atoms with van der Waals surface area (Å²) in [6.45, 7) is 12.1. The number of hydrogen-bond acceptors (Lipinski definition) is 6. The second-order valence-electron chi connectivity index (χ2n) is 12.4. The first-order valence-corrected chi connectivity index (χ1v) is 19.0. The third kappa shape index (κ3) is 10.7. The molecule has 0 radical (unpaired) electrons. The molecule has 0 aromatic heterocycles. The van der Waals surface area contributed by atoms with Crippen LogP contribution in [0.25, 0.3) is 0 Å².